The van der Waals surface area contributed by atoms with E-state index in [1.54, 1.807) is 0 Å². The van der Waals surface area contributed by atoms with Gasteiger partial charge in [0.05, 0.1) is 17.6 Å². The predicted octanol–water partition coefficient (Wildman–Crippen LogP) is 1.66. The highest BCUT2D eigenvalue weighted by Gasteiger charge is 2.27. The van der Waals surface area contributed by atoms with Crippen LogP contribution < -0.4 is 0 Å². The normalized spacial score (nSPS) is 21.0. The maximum absolute atomic E-state index is 10.6. The smallest absolute Gasteiger partial charge is 0.306 e. The van der Waals surface area contributed by atoms with Crippen LogP contribution in [0.4, 0.5) is 5.69 Å². The van der Waals surface area contributed by atoms with E-state index in [1.807, 2.05) is 0 Å². The lowest BCUT2D eigenvalue weighted by atomic mass is 10.0. The lowest BCUT2D eigenvalue weighted by molar-refractivity contribution is -0.385. The van der Waals surface area contributed by atoms with Crippen molar-refractivity contribution in [1.29, 1.82) is 0 Å². The van der Waals surface area contributed by atoms with Gasteiger partial charge in [-0.25, -0.2) is 0 Å². The Morgan fingerprint density at radius 2 is 2.29 bits per heavy atom. The van der Waals surface area contributed by atoms with Gasteiger partial charge < -0.3 is 5.11 Å². The van der Waals surface area contributed by atoms with Crippen molar-refractivity contribution in [2.45, 2.75) is 51.8 Å². The molecule has 0 amide bonds. The summed E-state index contributed by atoms with van der Waals surface area (Å²) < 4.78 is 1.44. The number of hydrogen-bond acceptors (Lipinski definition) is 5. The third-order valence-corrected chi connectivity index (χ3v) is 3.92. The first-order valence-electron chi connectivity index (χ1n) is 7.54. The maximum atomic E-state index is 10.6. The Morgan fingerprint density at radius 1 is 1.52 bits per heavy atom. The molecule has 1 aliphatic heterocycles. The van der Waals surface area contributed by atoms with Gasteiger partial charge in [0.2, 0.25) is 0 Å². The molecule has 1 aromatic rings. The quantitative estimate of drug-likeness (QED) is 0.611. The predicted molar refractivity (Wildman–Crippen MR) is 78.9 cm³/mol. The summed E-state index contributed by atoms with van der Waals surface area (Å²) in [5.74, 6) is 0.654. The number of aromatic nitrogens is 2. The van der Waals surface area contributed by atoms with E-state index >= 15 is 0 Å². The fourth-order valence-electron chi connectivity index (χ4n) is 3.04. The number of β-amino-alcohol motifs (C(OH)–C–C–N with tert-alkyl or cyclic N) is 1. The van der Waals surface area contributed by atoms with E-state index in [0.717, 1.165) is 13.0 Å². The second-order valence-corrected chi connectivity index (χ2v) is 6.25. The average molecular weight is 296 g/mol. The monoisotopic (exact) mass is 296 g/mol. The second kappa shape index (κ2) is 7.00. The topological polar surface area (TPSA) is 84.4 Å². The van der Waals surface area contributed by atoms with Gasteiger partial charge in [0.1, 0.15) is 12.4 Å². The van der Waals surface area contributed by atoms with Crippen molar-refractivity contribution >= 4 is 5.69 Å². The van der Waals surface area contributed by atoms with Crippen molar-refractivity contribution in [1.82, 2.24) is 14.7 Å². The Labute approximate surface area is 124 Å². The van der Waals surface area contributed by atoms with Gasteiger partial charge in [-0.1, -0.05) is 13.8 Å². The van der Waals surface area contributed by atoms with E-state index in [-0.39, 0.29) is 5.69 Å². The van der Waals surface area contributed by atoms with Crippen molar-refractivity contribution in [3.05, 3.63) is 22.5 Å². The number of rotatable bonds is 7. The Kier molecular flexibility index (Phi) is 5.30. The first-order valence-corrected chi connectivity index (χ1v) is 7.54. The molecular weight excluding hydrogens is 272 g/mol. The highest BCUT2D eigenvalue weighted by molar-refractivity contribution is 5.20. The highest BCUT2D eigenvalue weighted by Crippen LogP contribution is 2.23. The standard InChI is InChI=1S/C14H24N4O3/c1-11(2)6-12-4-3-5-16(12)9-14(19)10-17-8-13(7-15-17)18(20)21/h7-8,11-12,14,19H,3-6,9-10H2,1-2H3. The minimum Gasteiger partial charge on any atom is -0.390 e. The van der Waals surface area contributed by atoms with E-state index in [1.165, 1.54) is 29.9 Å². The number of likely N-dealkylation sites (tertiary alicyclic amines) is 1. The minimum atomic E-state index is -0.558. The van der Waals surface area contributed by atoms with Gasteiger partial charge in [0.15, 0.2) is 0 Å². The molecule has 0 bridgehead atoms. The number of nitro groups is 1. The van der Waals surface area contributed by atoms with Crippen LogP contribution in [0.3, 0.4) is 0 Å². The summed E-state index contributed by atoms with van der Waals surface area (Å²) in [4.78, 5) is 12.5. The molecular formula is C14H24N4O3. The minimum absolute atomic E-state index is 0.0407. The van der Waals surface area contributed by atoms with Crippen LogP contribution in [0.2, 0.25) is 0 Å². The van der Waals surface area contributed by atoms with Crippen LogP contribution in [-0.2, 0) is 6.54 Å². The molecule has 1 aromatic heterocycles. The zero-order valence-corrected chi connectivity index (χ0v) is 12.7. The summed E-state index contributed by atoms with van der Waals surface area (Å²) in [6.45, 7) is 6.35. The molecule has 1 aliphatic rings. The van der Waals surface area contributed by atoms with Crippen LogP contribution in [0.15, 0.2) is 12.4 Å². The van der Waals surface area contributed by atoms with Gasteiger partial charge >= 0.3 is 5.69 Å². The van der Waals surface area contributed by atoms with Crippen LogP contribution in [-0.4, -0.2) is 49.9 Å². The molecule has 1 fully saturated rings. The molecule has 0 aliphatic carbocycles. The summed E-state index contributed by atoms with van der Waals surface area (Å²) in [5.41, 5.74) is -0.0407. The molecule has 2 unspecified atom stereocenters. The molecule has 0 spiro atoms. The van der Waals surface area contributed by atoms with E-state index < -0.39 is 11.0 Å². The van der Waals surface area contributed by atoms with Crippen molar-refractivity contribution in [3.63, 3.8) is 0 Å². The Balaban J connectivity index is 1.85. The fourth-order valence-corrected chi connectivity index (χ4v) is 3.04. The van der Waals surface area contributed by atoms with Crippen LogP contribution in [0.25, 0.3) is 0 Å². The molecule has 2 rings (SSSR count). The molecule has 21 heavy (non-hydrogen) atoms. The van der Waals surface area contributed by atoms with Crippen molar-refractivity contribution < 1.29 is 10.0 Å². The van der Waals surface area contributed by atoms with E-state index in [9.17, 15) is 15.2 Å². The maximum Gasteiger partial charge on any atom is 0.306 e. The molecule has 118 valence electrons. The van der Waals surface area contributed by atoms with Crippen LogP contribution in [0.1, 0.15) is 33.1 Å². The molecule has 0 aromatic carbocycles. The number of aliphatic hydroxyl groups is 1. The first-order chi connectivity index (χ1) is 9.95. The summed E-state index contributed by atoms with van der Waals surface area (Å²) >= 11 is 0. The lowest BCUT2D eigenvalue weighted by Gasteiger charge is -2.27. The van der Waals surface area contributed by atoms with Crippen molar-refractivity contribution in [3.8, 4) is 0 Å². The van der Waals surface area contributed by atoms with E-state index in [4.69, 9.17) is 0 Å². The van der Waals surface area contributed by atoms with Gasteiger partial charge in [-0.3, -0.25) is 19.7 Å². The largest absolute Gasteiger partial charge is 0.390 e. The van der Waals surface area contributed by atoms with E-state index in [0.29, 0.717) is 25.0 Å². The molecule has 0 saturated carbocycles. The fraction of sp³-hybridized carbons (Fsp3) is 0.786. The summed E-state index contributed by atoms with van der Waals surface area (Å²) in [6, 6.07) is 0.548. The molecule has 1 saturated heterocycles. The number of aliphatic hydroxyl groups excluding tert-OH is 1. The van der Waals surface area contributed by atoms with Gasteiger partial charge in [0.25, 0.3) is 0 Å². The third kappa shape index (κ3) is 4.50. The molecule has 2 atom stereocenters. The third-order valence-electron chi connectivity index (χ3n) is 3.92. The Bertz CT molecular complexity index is 475. The Hall–Kier alpha value is -1.47. The van der Waals surface area contributed by atoms with E-state index in [2.05, 4.69) is 23.8 Å². The summed E-state index contributed by atoms with van der Waals surface area (Å²) in [6.07, 6.45) is 5.54. The zero-order chi connectivity index (χ0) is 15.4. The highest BCUT2D eigenvalue weighted by atomic mass is 16.6. The molecule has 2 heterocycles. The van der Waals surface area contributed by atoms with Crippen LogP contribution >= 0.6 is 0 Å². The molecule has 0 radical (unpaired) electrons. The first kappa shape index (κ1) is 15.9. The summed E-state index contributed by atoms with van der Waals surface area (Å²) in [7, 11) is 0. The SMILES string of the molecule is CC(C)CC1CCCN1CC(O)Cn1cc([N+](=O)[O-])cn1. The Morgan fingerprint density at radius 3 is 2.90 bits per heavy atom. The molecule has 7 nitrogen and oxygen atoms in total. The number of hydrogen-bond donors (Lipinski definition) is 1. The van der Waals surface area contributed by atoms with Crippen molar-refractivity contribution in [2.75, 3.05) is 13.1 Å². The van der Waals surface area contributed by atoms with Gasteiger partial charge in [-0.15, -0.1) is 0 Å². The molecule has 1 N–H and O–H groups in total. The lowest BCUT2D eigenvalue weighted by Crippen LogP contribution is -2.38. The van der Waals surface area contributed by atoms with Crippen LogP contribution in [0, 0.1) is 16.0 Å². The second-order valence-electron chi connectivity index (χ2n) is 6.25. The number of nitrogens with zero attached hydrogens (tertiary/aromatic N) is 4. The summed E-state index contributed by atoms with van der Waals surface area (Å²) in [5, 5.41) is 24.7. The van der Waals surface area contributed by atoms with Crippen LogP contribution in [0.5, 0.6) is 0 Å². The van der Waals surface area contributed by atoms with Crippen molar-refractivity contribution in [2.24, 2.45) is 5.92 Å². The van der Waals surface area contributed by atoms with Gasteiger partial charge in [-0.05, 0) is 31.7 Å². The average Bonchev–Trinajstić information content (AvgIpc) is 2.99. The zero-order valence-electron chi connectivity index (χ0n) is 12.7. The van der Waals surface area contributed by atoms with Gasteiger partial charge in [-0.2, -0.15) is 5.10 Å². The molecule has 7 heteroatoms. The van der Waals surface area contributed by atoms with Gasteiger partial charge in [0, 0.05) is 12.6 Å².